The molecular formula is C24H29N3. The van der Waals surface area contributed by atoms with E-state index < -0.39 is 0 Å². The lowest BCUT2D eigenvalue weighted by molar-refractivity contribution is 0.242. The van der Waals surface area contributed by atoms with Gasteiger partial charge in [-0.25, -0.2) is 0 Å². The van der Waals surface area contributed by atoms with Crippen molar-refractivity contribution in [3.63, 3.8) is 0 Å². The fraction of sp³-hybridized carbons (Fsp3) is 0.333. The second kappa shape index (κ2) is 8.12. The summed E-state index contributed by atoms with van der Waals surface area (Å²) in [5, 5.41) is 6.23. The van der Waals surface area contributed by atoms with Crippen molar-refractivity contribution in [2.45, 2.75) is 12.5 Å². The Hall–Kier alpha value is -2.36. The molecule has 3 aromatic rings. The van der Waals surface area contributed by atoms with Crippen molar-refractivity contribution in [3.8, 4) is 0 Å². The topological polar surface area (TPSA) is 18.5 Å². The van der Waals surface area contributed by atoms with Crippen LogP contribution in [0.15, 0.2) is 66.7 Å². The zero-order chi connectivity index (χ0) is 18.6. The van der Waals surface area contributed by atoms with Gasteiger partial charge >= 0.3 is 0 Å². The molecule has 1 atom stereocenters. The largest absolute Gasteiger partial charge is 0.378 e. The molecule has 0 aromatic heterocycles. The molecule has 1 aliphatic heterocycles. The van der Waals surface area contributed by atoms with Crippen molar-refractivity contribution < 1.29 is 0 Å². The summed E-state index contributed by atoms with van der Waals surface area (Å²) in [4.78, 5) is 4.80. The Morgan fingerprint density at radius 3 is 2.44 bits per heavy atom. The van der Waals surface area contributed by atoms with Gasteiger partial charge in [0.05, 0.1) is 6.04 Å². The van der Waals surface area contributed by atoms with Crippen molar-refractivity contribution in [2.75, 3.05) is 45.2 Å². The summed E-state index contributed by atoms with van der Waals surface area (Å²) in [6.45, 7) is 4.36. The first-order valence-corrected chi connectivity index (χ1v) is 9.94. The number of hydrogen-bond donors (Lipinski definition) is 1. The van der Waals surface area contributed by atoms with Gasteiger partial charge < -0.3 is 10.2 Å². The number of fused-ring (bicyclic) bond motifs is 1. The normalized spacial score (nSPS) is 16.8. The highest BCUT2D eigenvalue weighted by Crippen LogP contribution is 2.34. The molecule has 0 bridgehead atoms. The van der Waals surface area contributed by atoms with Gasteiger partial charge in [0.25, 0.3) is 0 Å². The van der Waals surface area contributed by atoms with Crippen LogP contribution in [-0.4, -0.2) is 45.2 Å². The molecule has 3 aromatic carbocycles. The molecule has 1 aliphatic rings. The predicted octanol–water partition coefficient (Wildman–Crippen LogP) is 4.29. The molecule has 1 heterocycles. The third-order valence-corrected chi connectivity index (χ3v) is 5.58. The number of anilines is 1. The summed E-state index contributed by atoms with van der Waals surface area (Å²) in [6, 6.07) is 24.9. The summed E-state index contributed by atoms with van der Waals surface area (Å²) in [5.74, 6) is 0. The van der Waals surface area contributed by atoms with E-state index in [4.69, 9.17) is 0 Å². The van der Waals surface area contributed by atoms with E-state index in [-0.39, 0.29) is 6.04 Å². The zero-order valence-electron chi connectivity index (χ0n) is 16.4. The van der Waals surface area contributed by atoms with Crippen LogP contribution in [0.4, 0.5) is 5.69 Å². The van der Waals surface area contributed by atoms with Crippen LogP contribution < -0.4 is 10.2 Å². The Morgan fingerprint density at radius 1 is 0.852 bits per heavy atom. The van der Waals surface area contributed by atoms with Gasteiger partial charge in [0.2, 0.25) is 0 Å². The minimum absolute atomic E-state index is 0.284. The van der Waals surface area contributed by atoms with Crippen LogP contribution in [0.5, 0.6) is 0 Å². The van der Waals surface area contributed by atoms with Gasteiger partial charge in [0.1, 0.15) is 0 Å². The molecule has 1 fully saturated rings. The molecule has 1 saturated heterocycles. The van der Waals surface area contributed by atoms with Crippen LogP contribution in [0, 0.1) is 0 Å². The number of rotatable bonds is 4. The highest BCUT2D eigenvalue weighted by atomic mass is 15.2. The Bertz CT molecular complexity index is 872. The Labute approximate surface area is 162 Å². The van der Waals surface area contributed by atoms with Crippen molar-refractivity contribution in [3.05, 3.63) is 77.9 Å². The summed E-state index contributed by atoms with van der Waals surface area (Å²) < 4.78 is 0. The molecule has 0 saturated carbocycles. The van der Waals surface area contributed by atoms with E-state index in [9.17, 15) is 0 Å². The Balaban J connectivity index is 1.82. The molecule has 140 valence electrons. The standard InChI is InChI=1S/C24H29N3/c1-26(2)21-13-11-20(12-14-21)24(27-17-6-15-25-16-18-27)23-10-5-8-19-7-3-4-9-22(19)23/h3-5,7-14,24-25H,6,15-18H2,1-2H3. The lowest BCUT2D eigenvalue weighted by Crippen LogP contribution is -2.33. The van der Waals surface area contributed by atoms with E-state index in [1.807, 2.05) is 0 Å². The molecule has 3 heteroatoms. The monoisotopic (exact) mass is 359 g/mol. The van der Waals surface area contributed by atoms with Gasteiger partial charge in [-0.05, 0) is 47.0 Å². The van der Waals surface area contributed by atoms with E-state index >= 15 is 0 Å². The number of hydrogen-bond acceptors (Lipinski definition) is 3. The first-order valence-electron chi connectivity index (χ1n) is 9.94. The first-order chi connectivity index (χ1) is 13.2. The lowest BCUT2D eigenvalue weighted by Gasteiger charge is -2.32. The number of nitrogens with one attached hydrogen (secondary N) is 1. The fourth-order valence-corrected chi connectivity index (χ4v) is 4.16. The quantitative estimate of drug-likeness (QED) is 0.750. The van der Waals surface area contributed by atoms with Gasteiger partial charge in [-0.1, -0.05) is 54.6 Å². The minimum atomic E-state index is 0.284. The molecule has 1 N–H and O–H groups in total. The average molecular weight is 360 g/mol. The number of nitrogens with zero attached hydrogens (tertiary/aromatic N) is 2. The van der Waals surface area contributed by atoms with E-state index in [1.54, 1.807) is 0 Å². The molecule has 3 nitrogen and oxygen atoms in total. The summed E-state index contributed by atoms with van der Waals surface area (Å²) in [5.41, 5.74) is 4.03. The molecule has 27 heavy (non-hydrogen) atoms. The maximum Gasteiger partial charge on any atom is 0.0608 e. The lowest BCUT2D eigenvalue weighted by atomic mass is 9.92. The third kappa shape index (κ3) is 3.85. The van der Waals surface area contributed by atoms with Crippen LogP contribution in [0.2, 0.25) is 0 Å². The van der Waals surface area contributed by atoms with Gasteiger partial charge in [0, 0.05) is 39.4 Å². The molecule has 0 aliphatic carbocycles. The average Bonchev–Trinajstić information content (AvgIpc) is 2.98. The molecule has 0 amide bonds. The van der Waals surface area contributed by atoms with Gasteiger partial charge in [-0.3, -0.25) is 4.90 Å². The molecule has 0 spiro atoms. The highest BCUT2D eigenvalue weighted by molar-refractivity contribution is 5.86. The van der Waals surface area contributed by atoms with Crippen molar-refractivity contribution in [1.29, 1.82) is 0 Å². The third-order valence-electron chi connectivity index (χ3n) is 5.58. The maximum absolute atomic E-state index is 3.55. The second-order valence-corrected chi connectivity index (χ2v) is 7.60. The van der Waals surface area contributed by atoms with E-state index in [0.29, 0.717) is 0 Å². The SMILES string of the molecule is CN(C)c1ccc(C(c2cccc3ccccc23)N2CCCNCC2)cc1. The smallest absolute Gasteiger partial charge is 0.0608 e. The molecule has 0 radical (unpaired) electrons. The Kier molecular flexibility index (Phi) is 5.42. The van der Waals surface area contributed by atoms with Crippen LogP contribution in [0.1, 0.15) is 23.6 Å². The van der Waals surface area contributed by atoms with Gasteiger partial charge in [0.15, 0.2) is 0 Å². The fourth-order valence-electron chi connectivity index (χ4n) is 4.16. The molecule has 1 unspecified atom stereocenters. The van der Waals surface area contributed by atoms with Gasteiger partial charge in [-0.15, -0.1) is 0 Å². The van der Waals surface area contributed by atoms with E-state index in [0.717, 1.165) is 26.2 Å². The molecular weight excluding hydrogens is 330 g/mol. The van der Waals surface area contributed by atoms with E-state index in [2.05, 4.69) is 95.9 Å². The van der Waals surface area contributed by atoms with Crippen LogP contribution in [-0.2, 0) is 0 Å². The predicted molar refractivity (Wildman–Crippen MR) is 116 cm³/mol. The highest BCUT2D eigenvalue weighted by Gasteiger charge is 2.24. The van der Waals surface area contributed by atoms with Crippen LogP contribution >= 0.6 is 0 Å². The molecule has 4 rings (SSSR count). The van der Waals surface area contributed by atoms with Crippen LogP contribution in [0.3, 0.4) is 0 Å². The number of benzene rings is 3. The van der Waals surface area contributed by atoms with Crippen molar-refractivity contribution in [2.24, 2.45) is 0 Å². The first kappa shape index (κ1) is 18.0. The van der Waals surface area contributed by atoms with Crippen molar-refractivity contribution in [1.82, 2.24) is 10.2 Å². The second-order valence-electron chi connectivity index (χ2n) is 7.60. The van der Waals surface area contributed by atoms with Crippen molar-refractivity contribution >= 4 is 16.5 Å². The van der Waals surface area contributed by atoms with Gasteiger partial charge in [-0.2, -0.15) is 0 Å². The summed E-state index contributed by atoms with van der Waals surface area (Å²) >= 11 is 0. The van der Waals surface area contributed by atoms with Crippen LogP contribution in [0.25, 0.3) is 10.8 Å². The Morgan fingerprint density at radius 2 is 1.63 bits per heavy atom. The zero-order valence-corrected chi connectivity index (χ0v) is 16.4. The maximum atomic E-state index is 3.55. The minimum Gasteiger partial charge on any atom is -0.378 e. The summed E-state index contributed by atoms with van der Waals surface area (Å²) in [7, 11) is 4.19. The summed E-state index contributed by atoms with van der Waals surface area (Å²) in [6.07, 6.45) is 1.19. The van der Waals surface area contributed by atoms with E-state index in [1.165, 1.54) is 34.0 Å².